The third-order valence-corrected chi connectivity index (χ3v) is 3.73. The van der Waals surface area contributed by atoms with E-state index in [0.29, 0.717) is 6.54 Å². The lowest BCUT2D eigenvalue weighted by molar-refractivity contribution is -0.137. The van der Waals surface area contributed by atoms with Crippen LogP contribution in [0.4, 0.5) is 13.2 Å². The Kier molecular flexibility index (Phi) is 4.91. The average molecular weight is 302 g/mol. The summed E-state index contributed by atoms with van der Waals surface area (Å²) in [6, 6.07) is 5.19. The highest BCUT2D eigenvalue weighted by Gasteiger charge is 2.31. The maximum atomic E-state index is 12.6. The zero-order valence-electron chi connectivity index (χ0n) is 12.2. The van der Waals surface area contributed by atoms with Crippen LogP contribution in [-0.4, -0.2) is 36.7 Å². The van der Waals surface area contributed by atoms with Crippen LogP contribution in [-0.2, 0) is 10.9 Å². The number of morpholine rings is 1. The number of benzene rings is 1. The zero-order chi connectivity index (χ0) is 15.6. The fourth-order valence-electron chi connectivity index (χ4n) is 2.86. The fourth-order valence-corrected chi connectivity index (χ4v) is 2.86. The molecule has 2 N–H and O–H groups in total. The Morgan fingerprint density at radius 2 is 1.71 bits per heavy atom. The van der Waals surface area contributed by atoms with Gasteiger partial charge in [-0.1, -0.05) is 12.1 Å². The van der Waals surface area contributed by atoms with Gasteiger partial charge in [0.2, 0.25) is 0 Å². The van der Waals surface area contributed by atoms with Crippen molar-refractivity contribution in [3.8, 4) is 0 Å². The molecule has 0 aromatic heterocycles. The molecule has 0 radical (unpaired) electrons. The van der Waals surface area contributed by atoms with Crippen molar-refractivity contribution >= 4 is 0 Å². The molecule has 1 heterocycles. The van der Waals surface area contributed by atoms with Gasteiger partial charge in [-0.15, -0.1) is 0 Å². The largest absolute Gasteiger partial charge is 0.416 e. The van der Waals surface area contributed by atoms with E-state index in [1.807, 2.05) is 13.8 Å². The molecule has 0 spiro atoms. The van der Waals surface area contributed by atoms with Crippen LogP contribution in [0.2, 0.25) is 0 Å². The molecule has 0 bridgehead atoms. The third-order valence-electron chi connectivity index (χ3n) is 3.73. The topological polar surface area (TPSA) is 38.5 Å². The van der Waals surface area contributed by atoms with Gasteiger partial charge in [-0.2, -0.15) is 13.2 Å². The Labute approximate surface area is 122 Å². The van der Waals surface area contributed by atoms with Crippen molar-refractivity contribution in [1.82, 2.24) is 4.90 Å². The monoisotopic (exact) mass is 302 g/mol. The van der Waals surface area contributed by atoms with Crippen LogP contribution >= 0.6 is 0 Å². The van der Waals surface area contributed by atoms with E-state index in [0.717, 1.165) is 30.8 Å². The van der Waals surface area contributed by atoms with E-state index < -0.39 is 11.7 Å². The summed E-state index contributed by atoms with van der Waals surface area (Å²) in [4.78, 5) is 2.18. The highest BCUT2D eigenvalue weighted by Crippen LogP contribution is 2.31. The van der Waals surface area contributed by atoms with Crippen LogP contribution in [0.5, 0.6) is 0 Å². The summed E-state index contributed by atoms with van der Waals surface area (Å²) in [6.45, 7) is 5.80. The summed E-state index contributed by atoms with van der Waals surface area (Å²) in [5, 5.41) is 0. The van der Waals surface area contributed by atoms with Gasteiger partial charge < -0.3 is 10.5 Å². The molecule has 1 fully saturated rings. The lowest BCUT2D eigenvalue weighted by Gasteiger charge is -2.40. The Morgan fingerprint density at radius 3 is 2.14 bits per heavy atom. The average Bonchev–Trinajstić information content (AvgIpc) is 2.38. The normalized spacial score (nSPS) is 25.8. The van der Waals surface area contributed by atoms with Gasteiger partial charge in [0.05, 0.1) is 17.8 Å². The number of nitrogens with zero attached hydrogens (tertiary/aromatic N) is 1. The molecule has 0 saturated carbocycles. The first-order chi connectivity index (χ1) is 9.81. The predicted molar refractivity (Wildman–Crippen MR) is 74.8 cm³/mol. The standard InChI is InChI=1S/C15H21F3N2O/c1-10-8-20(9-11(2)21-10)14(7-19)12-3-5-13(6-4-12)15(16,17)18/h3-6,10-11,14H,7-9,19H2,1-2H3/t10-,11-,14-/m0/s1. The van der Waals surface area contributed by atoms with Gasteiger partial charge >= 0.3 is 6.18 Å². The molecule has 0 aliphatic carbocycles. The maximum absolute atomic E-state index is 12.6. The SMILES string of the molecule is C[C@H]1CN([C@@H](CN)c2ccc(C(F)(F)F)cc2)C[C@H](C)O1. The third kappa shape index (κ3) is 3.96. The number of rotatable bonds is 3. The lowest BCUT2D eigenvalue weighted by Crippen LogP contribution is -2.48. The van der Waals surface area contributed by atoms with E-state index in [9.17, 15) is 13.2 Å². The van der Waals surface area contributed by atoms with Gasteiger partial charge in [0.15, 0.2) is 0 Å². The lowest BCUT2D eigenvalue weighted by atomic mass is 10.0. The number of hydrogen-bond acceptors (Lipinski definition) is 3. The second kappa shape index (κ2) is 6.34. The highest BCUT2D eigenvalue weighted by molar-refractivity contribution is 5.27. The molecule has 1 aromatic carbocycles. The molecular weight excluding hydrogens is 281 g/mol. The van der Waals surface area contributed by atoms with Gasteiger partial charge in [0, 0.05) is 25.7 Å². The summed E-state index contributed by atoms with van der Waals surface area (Å²) in [5.41, 5.74) is 6.02. The fraction of sp³-hybridized carbons (Fsp3) is 0.600. The van der Waals surface area contributed by atoms with Crippen LogP contribution in [0.15, 0.2) is 24.3 Å². The van der Waals surface area contributed by atoms with Crippen LogP contribution in [0.25, 0.3) is 0 Å². The summed E-state index contributed by atoms with van der Waals surface area (Å²) in [7, 11) is 0. The number of ether oxygens (including phenoxy) is 1. The van der Waals surface area contributed by atoms with Crippen molar-refractivity contribution in [2.75, 3.05) is 19.6 Å². The number of halogens is 3. The zero-order valence-corrected chi connectivity index (χ0v) is 12.2. The first-order valence-electron chi connectivity index (χ1n) is 7.08. The molecule has 1 aliphatic rings. The van der Waals surface area contributed by atoms with E-state index in [1.54, 1.807) is 0 Å². The first-order valence-corrected chi connectivity index (χ1v) is 7.08. The van der Waals surface area contributed by atoms with Crippen molar-refractivity contribution in [2.45, 2.75) is 38.3 Å². The Hall–Kier alpha value is -1.11. The molecule has 1 aromatic rings. The molecule has 0 unspecified atom stereocenters. The number of alkyl halides is 3. The van der Waals surface area contributed by atoms with E-state index in [2.05, 4.69) is 4.90 Å². The first kappa shape index (κ1) is 16.3. The molecule has 0 amide bonds. The van der Waals surface area contributed by atoms with Crippen LogP contribution in [0.3, 0.4) is 0 Å². The molecule has 1 aliphatic heterocycles. The van der Waals surface area contributed by atoms with Crippen LogP contribution < -0.4 is 5.73 Å². The van der Waals surface area contributed by atoms with Crippen molar-refractivity contribution in [2.24, 2.45) is 5.73 Å². The number of hydrogen-bond donors (Lipinski definition) is 1. The molecule has 2 rings (SSSR count). The van der Waals surface area contributed by atoms with Gasteiger partial charge in [0.25, 0.3) is 0 Å². The van der Waals surface area contributed by atoms with Crippen LogP contribution in [0.1, 0.15) is 31.0 Å². The van der Waals surface area contributed by atoms with Crippen molar-refractivity contribution in [3.63, 3.8) is 0 Å². The molecule has 3 atom stereocenters. The smallest absolute Gasteiger partial charge is 0.373 e. The summed E-state index contributed by atoms with van der Waals surface area (Å²) >= 11 is 0. The van der Waals surface area contributed by atoms with Crippen molar-refractivity contribution in [1.29, 1.82) is 0 Å². The Morgan fingerprint density at radius 1 is 1.19 bits per heavy atom. The molecule has 3 nitrogen and oxygen atoms in total. The second-order valence-corrected chi connectivity index (χ2v) is 5.58. The highest BCUT2D eigenvalue weighted by atomic mass is 19.4. The van der Waals surface area contributed by atoms with Crippen molar-refractivity contribution < 1.29 is 17.9 Å². The summed E-state index contributed by atoms with van der Waals surface area (Å²) in [6.07, 6.45) is -4.12. The van der Waals surface area contributed by atoms with Gasteiger partial charge in [-0.3, -0.25) is 4.90 Å². The molecule has 118 valence electrons. The predicted octanol–water partition coefficient (Wildman–Crippen LogP) is 2.81. The minimum absolute atomic E-state index is 0.0823. The molecule has 21 heavy (non-hydrogen) atoms. The minimum Gasteiger partial charge on any atom is -0.373 e. The number of nitrogens with two attached hydrogens (primary N) is 1. The minimum atomic E-state index is -4.31. The van der Waals surface area contributed by atoms with Crippen LogP contribution in [0, 0.1) is 0 Å². The van der Waals surface area contributed by atoms with Crippen molar-refractivity contribution in [3.05, 3.63) is 35.4 Å². The quantitative estimate of drug-likeness (QED) is 0.933. The van der Waals surface area contributed by atoms with E-state index in [-0.39, 0.29) is 18.2 Å². The van der Waals surface area contributed by atoms with E-state index in [4.69, 9.17) is 10.5 Å². The maximum Gasteiger partial charge on any atom is 0.416 e. The second-order valence-electron chi connectivity index (χ2n) is 5.58. The Bertz CT molecular complexity index is 451. The summed E-state index contributed by atoms with van der Waals surface area (Å²) < 4.78 is 43.5. The van der Waals surface area contributed by atoms with Gasteiger partial charge in [-0.05, 0) is 31.5 Å². The Balaban J connectivity index is 2.17. The van der Waals surface area contributed by atoms with E-state index >= 15 is 0 Å². The van der Waals surface area contributed by atoms with Gasteiger partial charge in [0.1, 0.15) is 0 Å². The van der Waals surface area contributed by atoms with E-state index in [1.165, 1.54) is 12.1 Å². The molecule has 1 saturated heterocycles. The molecular formula is C15H21F3N2O. The molecule has 6 heteroatoms. The van der Waals surface area contributed by atoms with Gasteiger partial charge in [-0.25, -0.2) is 0 Å². The summed E-state index contributed by atoms with van der Waals surface area (Å²) in [5.74, 6) is 0.